The Bertz CT molecular complexity index is 686. The van der Waals surface area contributed by atoms with Crippen LogP contribution in [0.3, 0.4) is 0 Å². The van der Waals surface area contributed by atoms with Gasteiger partial charge in [0, 0.05) is 52.9 Å². The molecule has 1 amide bonds. The number of nitrogens with zero attached hydrogens (tertiary/aromatic N) is 4. The summed E-state index contributed by atoms with van der Waals surface area (Å²) in [6.07, 6.45) is 9.39. The fourth-order valence-electron chi connectivity index (χ4n) is 3.82. The van der Waals surface area contributed by atoms with E-state index in [9.17, 15) is 4.79 Å². The third-order valence-electron chi connectivity index (χ3n) is 5.70. The summed E-state index contributed by atoms with van der Waals surface area (Å²) >= 11 is 0. The van der Waals surface area contributed by atoms with E-state index < -0.39 is 0 Å². The lowest BCUT2D eigenvalue weighted by molar-refractivity contribution is -0.127. The molecule has 1 heterocycles. The van der Waals surface area contributed by atoms with Crippen molar-refractivity contribution in [1.82, 2.24) is 20.0 Å². The van der Waals surface area contributed by atoms with Crippen molar-refractivity contribution >= 4 is 17.9 Å². The van der Waals surface area contributed by atoms with Gasteiger partial charge in [-0.25, -0.2) is 4.99 Å². The standard InChI is InChI=1S/C23H35N5O/c1-26(2)22(29)19-24-23(25-21-12-6-7-13-21)28-17-15-27(16-18-28)14-8-11-20-9-4-3-5-10-20/h3-5,8-11,21H,6-7,12-19H2,1-2H3,(H,24,25)/b11-8+. The molecule has 1 aromatic carbocycles. The third kappa shape index (κ3) is 6.89. The molecule has 0 spiro atoms. The molecule has 0 unspecified atom stereocenters. The van der Waals surface area contributed by atoms with Crippen molar-refractivity contribution in [2.24, 2.45) is 4.99 Å². The van der Waals surface area contributed by atoms with Gasteiger partial charge in [0.25, 0.3) is 0 Å². The summed E-state index contributed by atoms with van der Waals surface area (Å²) in [5.74, 6) is 0.951. The molecule has 0 atom stereocenters. The molecule has 0 radical (unpaired) electrons. The first-order valence-electron chi connectivity index (χ1n) is 10.8. The Morgan fingerprint density at radius 2 is 1.83 bits per heavy atom. The molecule has 1 saturated heterocycles. The van der Waals surface area contributed by atoms with Crippen LogP contribution < -0.4 is 5.32 Å². The van der Waals surface area contributed by atoms with Crippen molar-refractivity contribution < 1.29 is 4.79 Å². The van der Waals surface area contributed by atoms with Gasteiger partial charge in [-0.05, 0) is 18.4 Å². The van der Waals surface area contributed by atoms with Gasteiger partial charge in [0.15, 0.2) is 5.96 Å². The molecule has 6 heteroatoms. The summed E-state index contributed by atoms with van der Waals surface area (Å²) in [7, 11) is 3.56. The van der Waals surface area contributed by atoms with E-state index in [0.29, 0.717) is 6.04 Å². The molecule has 1 N–H and O–H groups in total. The zero-order valence-electron chi connectivity index (χ0n) is 17.9. The van der Waals surface area contributed by atoms with Gasteiger partial charge in [0.1, 0.15) is 6.54 Å². The number of hydrogen-bond donors (Lipinski definition) is 1. The third-order valence-corrected chi connectivity index (χ3v) is 5.70. The predicted molar refractivity (Wildman–Crippen MR) is 120 cm³/mol. The molecule has 2 aliphatic rings. The Kier molecular flexibility index (Phi) is 8.11. The van der Waals surface area contributed by atoms with Crippen LogP contribution in [0.15, 0.2) is 41.4 Å². The van der Waals surface area contributed by atoms with E-state index >= 15 is 0 Å². The minimum absolute atomic E-state index is 0.0420. The van der Waals surface area contributed by atoms with Crippen LogP contribution in [-0.2, 0) is 4.79 Å². The number of likely N-dealkylation sites (N-methyl/N-ethyl adjacent to an activating group) is 1. The molecule has 1 saturated carbocycles. The van der Waals surface area contributed by atoms with Crippen LogP contribution in [0.5, 0.6) is 0 Å². The van der Waals surface area contributed by atoms with E-state index in [1.807, 2.05) is 6.07 Å². The topological polar surface area (TPSA) is 51.2 Å². The average Bonchev–Trinajstić information content (AvgIpc) is 3.25. The van der Waals surface area contributed by atoms with Crippen LogP contribution in [0.4, 0.5) is 0 Å². The van der Waals surface area contributed by atoms with Crippen molar-refractivity contribution in [3.8, 4) is 0 Å². The SMILES string of the molecule is CN(C)C(=O)CN=C(NC1CCCC1)N1CCN(C/C=C/c2ccccc2)CC1. The van der Waals surface area contributed by atoms with Gasteiger partial charge in [-0.15, -0.1) is 0 Å². The lowest BCUT2D eigenvalue weighted by Crippen LogP contribution is -2.54. The normalized spacial score (nSPS) is 19.1. The fraction of sp³-hybridized carbons (Fsp3) is 0.565. The number of carbonyl (C=O) groups is 1. The molecule has 2 fully saturated rings. The largest absolute Gasteiger partial charge is 0.353 e. The second-order valence-corrected chi connectivity index (χ2v) is 8.15. The Morgan fingerprint density at radius 1 is 1.14 bits per heavy atom. The Balaban J connectivity index is 1.52. The summed E-state index contributed by atoms with van der Waals surface area (Å²) in [6, 6.07) is 10.9. The molecule has 1 aromatic rings. The van der Waals surface area contributed by atoms with Gasteiger partial charge in [0.05, 0.1) is 0 Å². The first-order valence-corrected chi connectivity index (χ1v) is 10.8. The zero-order valence-corrected chi connectivity index (χ0v) is 17.9. The lowest BCUT2D eigenvalue weighted by Gasteiger charge is -2.37. The molecule has 29 heavy (non-hydrogen) atoms. The van der Waals surface area contributed by atoms with E-state index in [-0.39, 0.29) is 12.5 Å². The van der Waals surface area contributed by atoms with Crippen LogP contribution in [-0.4, -0.2) is 86.0 Å². The molecule has 6 nitrogen and oxygen atoms in total. The van der Waals surface area contributed by atoms with Crippen molar-refractivity contribution in [2.75, 3.05) is 53.4 Å². The molecule has 158 valence electrons. The van der Waals surface area contributed by atoms with Gasteiger partial charge < -0.3 is 15.1 Å². The van der Waals surface area contributed by atoms with E-state index in [2.05, 4.69) is 56.5 Å². The van der Waals surface area contributed by atoms with Gasteiger partial charge in [-0.1, -0.05) is 55.3 Å². The quantitative estimate of drug-likeness (QED) is 0.591. The highest BCUT2D eigenvalue weighted by Crippen LogP contribution is 2.18. The van der Waals surface area contributed by atoms with E-state index in [1.54, 1.807) is 19.0 Å². The predicted octanol–water partition coefficient (Wildman–Crippen LogP) is 2.29. The second-order valence-electron chi connectivity index (χ2n) is 8.15. The van der Waals surface area contributed by atoms with Gasteiger partial charge in [0.2, 0.25) is 5.91 Å². The highest BCUT2D eigenvalue weighted by atomic mass is 16.2. The summed E-state index contributed by atoms with van der Waals surface area (Å²) in [6.45, 7) is 5.06. The number of guanidine groups is 1. The fourth-order valence-corrected chi connectivity index (χ4v) is 3.82. The van der Waals surface area contributed by atoms with Crippen LogP contribution >= 0.6 is 0 Å². The van der Waals surface area contributed by atoms with Crippen LogP contribution in [0, 0.1) is 0 Å². The molecular formula is C23H35N5O. The molecule has 1 aliphatic heterocycles. The number of benzene rings is 1. The smallest absolute Gasteiger partial charge is 0.243 e. The molecule has 1 aliphatic carbocycles. The van der Waals surface area contributed by atoms with Crippen molar-refractivity contribution in [3.63, 3.8) is 0 Å². The van der Waals surface area contributed by atoms with E-state index in [0.717, 1.165) is 38.7 Å². The maximum absolute atomic E-state index is 12.0. The van der Waals surface area contributed by atoms with Crippen LogP contribution in [0.1, 0.15) is 31.2 Å². The van der Waals surface area contributed by atoms with E-state index in [4.69, 9.17) is 0 Å². The minimum atomic E-state index is 0.0420. The molecule has 0 aromatic heterocycles. The Morgan fingerprint density at radius 3 is 2.48 bits per heavy atom. The number of aliphatic imine (C=N–C) groups is 1. The van der Waals surface area contributed by atoms with Gasteiger partial charge >= 0.3 is 0 Å². The minimum Gasteiger partial charge on any atom is -0.353 e. The summed E-state index contributed by atoms with van der Waals surface area (Å²) in [5.41, 5.74) is 1.24. The second kappa shape index (κ2) is 11.0. The van der Waals surface area contributed by atoms with Gasteiger partial charge in [-0.2, -0.15) is 0 Å². The van der Waals surface area contributed by atoms with Crippen molar-refractivity contribution in [1.29, 1.82) is 0 Å². The molecular weight excluding hydrogens is 362 g/mol. The molecule has 3 rings (SSSR count). The maximum Gasteiger partial charge on any atom is 0.243 e. The van der Waals surface area contributed by atoms with Crippen molar-refractivity contribution in [3.05, 3.63) is 42.0 Å². The average molecular weight is 398 g/mol. The zero-order chi connectivity index (χ0) is 20.5. The highest BCUT2D eigenvalue weighted by Gasteiger charge is 2.23. The van der Waals surface area contributed by atoms with Crippen LogP contribution in [0.2, 0.25) is 0 Å². The number of rotatable bonds is 6. The number of carbonyl (C=O) groups excluding carboxylic acids is 1. The summed E-state index contributed by atoms with van der Waals surface area (Å²) < 4.78 is 0. The highest BCUT2D eigenvalue weighted by molar-refractivity contribution is 5.85. The van der Waals surface area contributed by atoms with Crippen molar-refractivity contribution in [2.45, 2.75) is 31.7 Å². The van der Waals surface area contributed by atoms with E-state index in [1.165, 1.54) is 31.2 Å². The summed E-state index contributed by atoms with van der Waals surface area (Å²) in [4.78, 5) is 23.1. The first kappa shape index (κ1) is 21.4. The number of nitrogens with one attached hydrogen (secondary N) is 1. The van der Waals surface area contributed by atoms with Gasteiger partial charge in [-0.3, -0.25) is 9.69 Å². The number of hydrogen-bond acceptors (Lipinski definition) is 3. The van der Waals surface area contributed by atoms with Crippen LogP contribution in [0.25, 0.3) is 6.08 Å². The number of amides is 1. The Labute approximate surface area is 175 Å². The number of piperazine rings is 1. The Hall–Kier alpha value is -2.34. The summed E-state index contributed by atoms with van der Waals surface area (Å²) in [5, 5.41) is 3.63. The lowest BCUT2D eigenvalue weighted by atomic mass is 10.2. The monoisotopic (exact) mass is 397 g/mol. The maximum atomic E-state index is 12.0. The first-order chi connectivity index (χ1) is 14.1. The molecule has 0 bridgehead atoms.